The Bertz CT molecular complexity index is 793. The lowest BCUT2D eigenvalue weighted by Gasteiger charge is -2.20. The first-order valence-electron chi connectivity index (χ1n) is 8.80. The molecule has 0 saturated heterocycles. The minimum Gasteiger partial charge on any atom is -0.493 e. The molecule has 0 saturated carbocycles. The molecule has 5 nitrogen and oxygen atoms in total. The van der Waals surface area contributed by atoms with Crippen LogP contribution in [-0.2, 0) is 16.6 Å². The number of hydrogen-bond donors (Lipinski definition) is 0. The van der Waals surface area contributed by atoms with Gasteiger partial charge in [-0.2, -0.15) is 0 Å². The van der Waals surface area contributed by atoms with Gasteiger partial charge in [-0.3, -0.25) is 4.79 Å². The summed E-state index contributed by atoms with van der Waals surface area (Å²) in [5.74, 6) is 1.72. The summed E-state index contributed by atoms with van der Waals surface area (Å²) in [6.45, 7) is 8.39. The van der Waals surface area contributed by atoms with Crippen molar-refractivity contribution in [1.82, 2.24) is 0 Å². The molecule has 2 aromatic rings. The van der Waals surface area contributed by atoms with Crippen LogP contribution < -0.4 is 18.9 Å². The highest BCUT2D eigenvalue weighted by Gasteiger charge is 2.18. The second-order valence-corrected chi connectivity index (χ2v) is 7.41. The number of aryl methyl sites for hydroxylation is 1. The van der Waals surface area contributed by atoms with Crippen molar-refractivity contribution >= 4 is 5.97 Å². The van der Waals surface area contributed by atoms with E-state index >= 15 is 0 Å². The zero-order chi connectivity index (χ0) is 20.2. The molecule has 0 unspecified atom stereocenters. The van der Waals surface area contributed by atoms with E-state index in [1.165, 1.54) is 5.56 Å². The molecule has 146 valence electrons. The quantitative estimate of drug-likeness (QED) is 0.553. The molecular weight excluding hydrogens is 344 g/mol. The molecular formula is C22H28O5. The summed E-state index contributed by atoms with van der Waals surface area (Å²) in [7, 11) is 4.62. The molecule has 0 spiro atoms. The monoisotopic (exact) mass is 372 g/mol. The second kappa shape index (κ2) is 8.33. The maximum atomic E-state index is 12.4. The van der Waals surface area contributed by atoms with Gasteiger partial charge in [0.2, 0.25) is 5.75 Å². The fraction of sp³-hybridized carbons (Fsp3) is 0.409. The van der Waals surface area contributed by atoms with Crippen LogP contribution in [-0.4, -0.2) is 27.3 Å². The third-order valence-electron chi connectivity index (χ3n) is 4.34. The molecule has 0 radical (unpaired) electrons. The summed E-state index contributed by atoms with van der Waals surface area (Å²) < 4.78 is 21.5. The second-order valence-electron chi connectivity index (χ2n) is 7.41. The Balaban J connectivity index is 2.19. The van der Waals surface area contributed by atoms with E-state index < -0.39 is 0 Å². The Morgan fingerprint density at radius 3 is 1.93 bits per heavy atom. The van der Waals surface area contributed by atoms with Crippen molar-refractivity contribution in [2.24, 2.45) is 0 Å². The van der Waals surface area contributed by atoms with E-state index in [1.807, 2.05) is 19.1 Å². The predicted molar refractivity (Wildman–Crippen MR) is 105 cm³/mol. The Morgan fingerprint density at radius 1 is 0.889 bits per heavy atom. The topological polar surface area (TPSA) is 54.0 Å². The average molecular weight is 372 g/mol. The molecule has 2 aromatic carbocycles. The SMILES string of the molecule is COc1cc(CC(=O)Oc2ccc(C(C)(C)C)cc2C)cc(OC)c1OC. The molecule has 0 atom stereocenters. The van der Waals surface area contributed by atoms with Gasteiger partial charge in [-0.25, -0.2) is 0 Å². The molecule has 0 bridgehead atoms. The van der Waals surface area contributed by atoms with Gasteiger partial charge in [0.15, 0.2) is 11.5 Å². The van der Waals surface area contributed by atoms with Gasteiger partial charge < -0.3 is 18.9 Å². The lowest BCUT2D eigenvalue weighted by molar-refractivity contribution is -0.133. The van der Waals surface area contributed by atoms with Gasteiger partial charge in [-0.15, -0.1) is 0 Å². The van der Waals surface area contributed by atoms with Crippen LogP contribution in [0.5, 0.6) is 23.0 Å². The van der Waals surface area contributed by atoms with Crippen molar-refractivity contribution in [1.29, 1.82) is 0 Å². The third-order valence-corrected chi connectivity index (χ3v) is 4.34. The number of rotatable bonds is 6. The highest BCUT2D eigenvalue weighted by atomic mass is 16.5. The zero-order valence-corrected chi connectivity index (χ0v) is 17.1. The van der Waals surface area contributed by atoms with Gasteiger partial charge in [0.05, 0.1) is 27.8 Å². The molecule has 5 heteroatoms. The van der Waals surface area contributed by atoms with Crippen molar-refractivity contribution < 1.29 is 23.7 Å². The predicted octanol–water partition coefficient (Wildman–Crippen LogP) is 4.47. The van der Waals surface area contributed by atoms with E-state index in [1.54, 1.807) is 33.5 Å². The van der Waals surface area contributed by atoms with Crippen LogP contribution in [0.15, 0.2) is 30.3 Å². The van der Waals surface area contributed by atoms with E-state index in [2.05, 4.69) is 26.8 Å². The van der Waals surface area contributed by atoms with Crippen LogP contribution in [0.25, 0.3) is 0 Å². The van der Waals surface area contributed by atoms with E-state index in [-0.39, 0.29) is 17.8 Å². The van der Waals surface area contributed by atoms with Gasteiger partial charge in [0, 0.05) is 0 Å². The number of carbonyl (C=O) groups is 1. The minimum absolute atomic E-state index is 0.0451. The number of hydrogen-bond acceptors (Lipinski definition) is 5. The van der Waals surface area contributed by atoms with Gasteiger partial charge >= 0.3 is 5.97 Å². The van der Waals surface area contributed by atoms with E-state index in [9.17, 15) is 4.79 Å². The lowest BCUT2D eigenvalue weighted by atomic mass is 9.86. The van der Waals surface area contributed by atoms with Crippen LogP contribution in [0.2, 0.25) is 0 Å². The number of ether oxygens (including phenoxy) is 4. The maximum Gasteiger partial charge on any atom is 0.315 e. The lowest BCUT2D eigenvalue weighted by Crippen LogP contribution is -2.14. The first kappa shape index (κ1) is 20.6. The van der Waals surface area contributed by atoms with Crippen molar-refractivity contribution in [2.75, 3.05) is 21.3 Å². The smallest absolute Gasteiger partial charge is 0.315 e. The van der Waals surface area contributed by atoms with Crippen molar-refractivity contribution in [2.45, 2.75) is 39.5 Å². The fourth-order valence-corrected chi connectivity index (χ4v) is 2.79. The Kier molecular flexibility index (Phi) is 6.37. The Morgan fingerprint density at radius 2 is 1.48 bits per heavy atom. The van der Waals surface area contributed by atoms with Crippen LogP contribution in [0.4, 0.5) is 0 Å². The maximum absolute atomic E-state index is 12.4. The van der Waals surface area contributed by atoms with Gasteiger partial charge in [-0.05, 0) is 47.2 Å². The zero-order valence-electron chi connectivity index (χ0n) is 17.1. The summed E-state index contributed by atoms with van der Waals surface area (Å²) in [5.41, 5.74) is 2.90. The van der Waals surface area contributed by atoms with Crippen LogP contribution in [0.3, 0.4) is 0 Å². The third kappa shape index (κ3) is 4.94. The first-order valence-corrected chi connectivity index (χ1v) is 8.80. The largest absolute Gasteiger partial charge is 0.493 e. The molecule has 0 aliphatic heterocycles. The molecule has 27 heavy (non-hydrogen) atoms. The van der Waals surface area contributed by atoms with Crippen LogP contribution in [0, 0.1) is 6.92 Å². The molecule has 0 aliphatic carbocycles. The molecule has 0 amide bonds. The van der Waals surface area contributed by atoms with E-state index in [0.717, 1.165) is 11.1 Å². The Labute approximate surface area is 161 Å². The minimum atomic E-state index is -0.351. The van der Waals surface area contributed by atoms with E-state index in [4.69, 9.17) is 18.9 Å². The van der Waals surface area contributed by atoms with Gasteiger partial charge in [0.1, 0.15) is 5.75 Å². The van der Waals surface area contributed by atoms with E-state index in [0.29, 0.717) is 23.0 Å². The fourth-order valence-electron chi connectivity index (χ4n) is 2.79. The number of carbonyl (C=O) groups excluding carboxylic acids is 1. The average Bonchev–Trinajstić information content (AvgIpc) is 2.61. The number of methoxy groups -OCH3 is 3. The highest BCUT2D eigenvalue weighted by molar-refractivity contribution is 5.76. The summed E-state index contributed by atoms with van der Waals surface area (Å²) in [6, 6.07) is 9.40. The van der Waals surface area contributed by atoms with Gasteiger partial charge in [0.25, 0.3) is 0 Å². The standard InChI is InChI=1S/C22H28O5/c1-14-10-16(22(2,3)4)8-9-17(14)27-20(23)13-15-11-18(24-5)21(26-7)19(12-15)25-6/h8-12H,13H2,1-7H3. The normalized spacial score (nSPS) is 11.1. The van der Waals surface area contributed by atoms with Gasteiger partial charge in [-0.1, -0.05) is 32.9 Å². The number of esters is 1. The summed E-state index contributed by atoms with van der Waals surface area (Å²) >= 11 is 0. The highest BCUT2D eigenvalue weighted by Crippen LogP contribution is 2.38. The summed E-state index contributed by atoms with van der Waals surface area (Å²) in [4.78, 5) is 12.4. The molecule has 0 aliphatic rings. The molecule has 0 fully saturated rings. The molecule has 0 heterocycles. The summed E-state index contributed by atoms with van der Waals surface area (Å²) in [5, 5.41) is 0. The number of benzene rings is 2. The molecule has 2 rings (SSSR count). The first-order chi connectivity index (χ1) is 12.7. The van der Waals surface area contributed by atoms with Crippen molar-refractivity contribution in [3.05, 3.63) is 47.0 Å². The van der Waals surface area contributed by atoms with Crippen molar-refractivity contribution in [3.63, 3.8) is 0 Å². The van der Waals surface area contributed by atoms with Crippen molar-refractivity contribution in [3.8, 4) is 23.0 Å². The Hall–Kier alpha value is -2.69. The van der Waals surface area contributed by atoms with Crippen LogP contribution >= 0.6 is 0 Å². The molecule has 0 N–H and O–H groups in total. The summed E-state index contributed by atoms with van der Waals surface area (Å²) in [6.07, 6.45) is 0.0944. The molecule has 0 aromatic heterocycles. The van der Waals surface area contributed by atoms with Crippen LogP contribution in [0.1, 0.15) is 37.5 Å².